The maximum atomic E-state index is 13.3. The summed E-state index contributed by atoms with van der Waals surface area (Å²) in [5, 5.41) is 21.3. The minimum atomic E-state index is -4.01. The molecule has 0 bridgehead atoms. The van der Waals surface area contributed by atoms with Gasteiger partial charge in [-0.2, -0.15) is 18.3 Å². The van der Waals surface area contributed by atoms with Gasteiger partial charge in [0.1, 0.15) is 17.5 Å². The average molecular weight is 730 g/mol. The number of hydroxylamine groups is 2. The van der Waals surface area contributed by atoms with Crippen LogP contribution in [0.4, 0.5) is 27.6 Å². The molecule has 13 heteroatoms. The van der Waals surface area contributed by atoms with E-state index in [1.807, 2.05) is 31.0 Å². The van der Waals surface area contributed by atoms with E-state index in [0.29, 0.717) is 37.7 Å². The second-order valence-electron chi connectivity index (χ2n) is 12.1. The summed E-state index contributed by atoms with van der Waals surface area (Å²) in [5.74, 6) is 1.36. The van der Waals surface area contributed by atoms with Crippen molar-refractivity contribution in [2.45, 2.75) is 104 Å². The van der Waals surface area contributed by atoms with Gasteiger partial charge in [-0.05, 0) is 89.0 Å². The first-order valence-electron chi connectivity index (χ1n) is 16.6. The SMILES string of the molecule is CC/C=C(F)\C=C(\F)CC1CCCCC1.CCC(CCN(C)[O-])C1=NCC(C)=NN1c1ccc(CCl)c(C)c1.CNCCC(F)(F)F.[K+]. The molecule has 1 aliphatic heterocycles. The molecule has 6 nitrogen and oxygen atoms in total. The molecule has 1 fully saturated rings. The number of anilines is 1. The van der Waals surface area contributed by atoms with Crippen LogP contribution in [0.15, 0.2) is 52.1 Å². The van der Waals surface area contributed by atoms with Crippen LogP contribution in [0.25, 0.3) is 0 Å². The maximum Gasteiger partial charge on any atom is 1.00 e. The third-order valence-corrected chi connectivity index (χ3v) is 8.17. The second kappa shape index (κ2) is 26.1. The number of amidine groups is 1. The average Bonchev–Trinajstić information content (AvgIpc) is 3.01. The van der Waals surface area contributed by atoms with Crippen molar-refractivity contribution in [3.8, 4) is 0 Å². The number of aliphatic imine (C=N–C) groups is 1. The predicted octanol–water partition coefficient (Wildman–Crippen LogP) is 7.41. The molecule has 1 aromatic rings. The molecule has 0 aromatic heterocycles. The van der Waals surface area contributed by atoms with Crippen LogP contribution < -0.4 is 61.7 Å². The van der Waals surface area contributed by atoms with Crippen molar-refractivity contribution < 1.29 is 73.3 Å². The molecule has 0 saturated heterocycles. The summed E-state index contributed by atoms with van der Waals surface area (Å²) in [6.45, 7) is 9.13. The van der Waals surface area contributed by atoms with E-state index in [4.69, 9.17) is 21.7 Å². The standard InChI is InChI=1S/C18H26ClN4O.C13H20F2.C4H8F3N.K/c1-5-15(8-9-22(4)24)18-20-12-14(3)21-23(18)17-7-6-16(11-19)13(2)10-17;1-2-6-12(14)10-13(15)9-11-7-4-3-5-8-11;1-8-3-2-4(5,6)7;/h6-7,10,15H,5,8-9,11-12H2,1-4H3;6,10-11H,2-5,7-9H2,1H3;8H,2-3H2,1H3;/q-1;;;+1/b;12-6+,13-10+;;. The largest absolute Gasteiger partial charge is 1.00 e. The Balaban J connectivity index is 0.000000785. The number of hydrazone groups is 1. The summed E-state index contributed by atoms with van der Waals surface area (Å²) in [6, 6.07) is 6.18. The Morgan fingerprint density at radius 2 is 1.83 bits per heavy atom. The number of rotatable bonds is 13. The number of hydrogen-bond acceptors (Lipinski definition) is 6. The minimum absolute atomic E-state index is 0. The molecule has 0 spiro atoms. The first-order valence-corrected chi connectivity index (χ1v) is 17.1. The number of halogens is 6. The molecule has 1 unspecified atom stereocenters. The van der Waals surface area contributed by atoms with E-state index in [0.717, 1.165) is 65.2 Å². The maximum absolute atomic E-state index is 13.3. The van der Waals surface area contributed by atoms with Gasteiger partial charge in [-0.25, -0.2) is 13.8 Å². The van der Waals surface area contributed by atoms with Gasteiger partial charge in [-0.3, -0.25) is 4.99 Å². The zero-order valence-electron chi connectivity index (χ0n) is 29.9. The van der Waals surface area contributed by atoms with Crippen molar-refractivity contribution >= 4 is 28.8 Å². The van der Waals surface area contributed by atoms with Crippen LogP contribution in [0.5, 0.6) is 0 Å². The Labute approximate surface area is 332 Å². The number of allylic oxidation sites excluding steroid dienone is 4. The molecule has 1 atom stereocenters. The Morgan fingerprint density at radius 3 is 2.33 bits per heavy atom. The quantitative estimate of drug-likeness (QED) is 0.0756. The number of alkyl halides is 4. The van der Waals surface area contributed by atoms with Crippen molar-refractivity contribution in [1.29, 1.82) is 0 Å². The number of aryl methyl sites for hydroxylation is 1. The fourth-order valence-corrected chi connectivity index (χ4v) is 5.52. The predicted molar refractivity (Wildman–Crippen MR) is 187 cm³/mol. The molecule has 268 valence electrons. The van der Waals surface area contributed by atoms with Gasteiger partial charge < -0.3 is 15.6 Å². The van der Waals surface area contributed by atoms with Gasteiger partial charge in [0.25, 0.3) is 0 Å². The van der Waals surface area contributed by atoms with E-state index in [-0.39, 0.29) is 69.7 Å². The topological polar surface area (TPSA) is 66.3 Å². The Kier molecular flexibility index (Phi) is 25.7. The Hall–Kier alpha value is -0.704. The van der Waals surface area contributed by atoms with Crippen LogP contribution in [0.2, 0.25) is 0 Å². The second-order valence-corrected chi connectivity index (χ2v) is 12.3. The summed E-state index contributed by atoms with van der Waals surface area (Å²) in [4.78, 5) is 4.75. The summed E-state index contributed by atoms with van der Waals surface area (Å²) in [5.41, 5.74) is 4.24. The van der Waals surface area contributed by atoms with Gasteiger partial charge in [0.05, 0.1) is 24.4 Å². The van der Waals surface area contributed by atoms with Crippen molar-refractivity contribution in [1.82, 2.24) is 10.4 Å². The van der Waals surface area contributed by atoms with Gasteiger partial charge >= 0.3 is 57.6 Å². The summed E-state index contributed by atoms with van der Waals surface area (Å²) < 4.78 is 59.9. The van der Waals surface area contributed by atoms with Crippen molar-refractivity contribution in [3.63, 3.8) is 0 Å². The molecule has 1 saturated carbocycles. The van der Waals surface area contributed by atoms with E-state index in [1.165, 1.54) is 32.4 Å². The van der Waals surface area contributed by atoms with E-state index in [1.54, 1.807) is 7.05 Å². The molecule has 1 N–H and O–H groups in total. The van der Waals surface area contributed by atoms with Crippen LogP contribution in [0.1, 0.15) is 96.1 Å². The smallest absolute Gasteiger partial charge is 0.785 e. The normalized spacial score (nSPS) is 16.6. The fraction of sp³-hybridized carbons (Fsp3) is 0.657. The molecule has 3 rings (SSSR count). The third-order valence-electron chi connectivity index (χ3n) is 7.88. The van der Waals surface area contributed by atoms with Gasteiger partial charge in [-0.1, -0.05) is 52.0 Å². The molecular weight excluding hydrogens is 676 g/mol. The molecule has 0 radical (unpaired) electrons. The molecular formula is C35H54ClF5KN5O. The van der Waals surface area contributed by atoms with Gasteiger partial charge in [-0.15, -0.1) is 11.6 Å². The first kappa shape index (κ1) is 47.3. The summed E-state index contributed by atoms with van der Waals surface area (Å²) in [6.07, 6.45) is 6.29. The van der Waals surface area contributed by atoms with E-state index < -0.39 is 18.4 Å². The van der Waals surface area contributed by atoms with Crippen LogP contribution in [-0.4, -0.2) is 56.5 Å². The minimum Gasteiger partial charge on any atom is -0.785 e. The molecule has 48 heavy (non-hydrogen) atoms. The third kappa shape index (κ3) is 20.2. The van der Waals surface area contributed by atoms with Gasteiger partial charge in [0.15, 0.2) is 0 Å². The summed E-state index contributed by atoms with van der Waals surface area (Å²) in [7, 11) is 3.05. The number of nitrogens with zero attached hydrogens (tertiary/aromatic N) is 4. The van der Waals surface area contributed by atoms with Gasteiger partial charge in [0.2, 0.25) is 0 Å². The van der Waals surface area contributed by atoms with Crippen LogP contribution in [0, 0.1) is 24.0 Å². The fourth-order valence-electron chi connectivity index (χ4n) is 5.22. The van der Waals surface area contributed by atoms with E-state index >= 15 is 0 Å². The van der Waals surface area contributed by atoms with Crippen molar-refractivity contribution in [3.05, 3.63) is 58.3 Å². The first-order chi connectivity index (χ1) is 22.2. The Bertz CT molecular complexity index is 1170. The zero-order valence-corrected chi connectivity index (χ0v) is 33.8. The number of nitrogens with one attached hydrogen (secondary N) is 1. The van der Waals surface area contributed by atoms with E-state index in [9.17, 15) is 27.2 Å². The van der Waals surface area contributed by atoms with E-state index in [2.05, 4.69) is 25.2 Å². The Morgan fingerprint density at radius 1 is 1.17 bits per heavy atom. The molecule has 2 aliphatic rings. The zero-order chi connectivity index (χ0) is 35.4. The monoisotopic (exact) mass is 729 g/mol. The van der Waals surface area contributed by atoms with Crippen LogP contribution in [0.3, 0.4) is 0 Å². The van der Waals surface area contributed by atoms with Crippen molar-refractivity contribution in [2.75, 3.05) is 38.7 Å². The van der Waals surface area contributed by atoms with Crippen LogP contribution in [-0.2, 0) is 5.88 Å². The van der Waals surface area contributed by atoms with Gasteiger partial charge in [0, 0.05) is 30.8 Å². The molecule has 0 amide bonds. The van der Waals surface area contributed by atoms with Crippen LogP contribution >= 0.6 is 11.6 Å². The molecule has 1 aromatic carbocycles. The van der Waals surface area contributed by atoms with Crippen molar-refractivity contribution in [2.24, 2.45) is 21.9 Å². The molecule has 1 aliphatic carbocycles. The number of hydrogen-bond donors (Lipinski definition) is 1. The summed E-state index contributed by atoms with van der Waals surface area (Å²) >= 11 is 5.97. The number of benzene rings is 1. The molecule has 1 heterocycles.